The van der Waals surface area contributed by atoms with Crippen molar-refractivity contribution in [2.24, 2.45) is 0 Å². The third-order valence-electron chi connectivity index (χ3n) is 5.27. The van der Waals surface area contributed by atoms with Crippen LogP contribution in [0.2, 0.25) is 0 Å². The van der Waals surface area contributed by atoms with Crippen molar-refractivity contribution in [3.63, 3.8) is 0 Å². The molecule has 2 aromatic carbocycles. The van der Waals surface area contributed by atoms with E-state index in [1.807, 2.05) is 30.3 Å². The Bertz CT molecular complexity index is 929. The number of rotatable bonds is 8. The SMILES string of the molecule is CCn1c(SC[C@@H](O)CO[C@@H]2CCCc3ccccc32)nnc1-c1ccccc1. The summed E-state index contributed by atoms with van der Waals surface area (Å²) in [5.74, 6) is 1.39. The summed E-state index contributed by atoms with van der Waals surface area (Å²) in [6.45, 7) is 3.20. The van der Waals surface area contributed by atoms with Gasteiger partial charge in [-0.25, -0.2) is 0 Å². The molecule has 152 valence electrons. The first-order valence-corrected chi connectivity index (χ1v) is 11.2. The number of hydrogen-bond acceptors (Lipinski definition) is 5. The van der Waals surface area contributed by atoms with Crippen molar-refractivity contribution in [3.8, 4) is 11.4 Å². The number of ether oxygens (including phenoxy) is 1. The van der Waals surface area contributed by atoms with Gasteiger partial charge in [0.1, 0.15) is 0 Å². The van der Waals surface area contributed by atoms with Gasteiger partial charge in [-0.15, -0.1) is 10.2 Å². The van der Waals surface area contributed by atoms with Crippen LogP contribution < -0.4 is 0 Å². The quantitative estimate of drug-likeness (QED) is 0.555. The Kier molecular flexibility index (Phi) is 6.64. The van der Waals surface area contributed by atoms with Crippen LogP contribution in [0.25, 0.3) is 11.4 Å². The van der Waals surface area contributed by atoms with Crippen molar-refractivity contribution in [1.82, 2.24) is 14.8 Å². The Labute approximate surface area is 176 Å². The summed E-state index contributed by atoms with van der Waals surface area (Å²) < 4.78 is 8.17. The molecule has 1 aliphatic rings. The molecule has 1 N–H and O–H groups in total. The van der Waals surface area contributed by atoms with E-state index in [1.165, 1.54) is 22.9 Å². The van der Waals surface area contributed by atoms with Crippen molar-refractivity contribution in [3.05, 3.63) is 65.7 Å². The fourth-order valence-electron chi connectivity index (χ4n) is 3.81. The van der Waals surface area contributed by atoms with E-state index in [2.05, 4.69) is 46.0 Å². The van der Waals surface area contributed by atoms with Gasteiger partial charge in [0, 0.05) is 17.9 Å². The average Bonchev–Trinajstić information content (AvgIpc) is 3.19. The first-order chi connectivity index (χ1) is 14.3. The van der Waals surface area contributed by atoms with E-state index in [0.29, 0.717) is 12.4 Å². The monoisotopic (exact) mass is 409 g/mol. The third kappa shape index (κ3) is 4.71. The Morgan fingerprint density at radius 2 is 1.93 bits per heavy atom. The molecule has 4 rings (SSSR count). The second kappa shape index (κ2) is 9.57. The molecule has 0 amide bonds. The lowest BCUT2D eigenvalue weighted by Crippen LogP contribution is -2.22. The van der Waals surface area contributed by atoms with E-state index in [-0.39, 0.29) is 6.10 Å². The summed E-state index contributed by atoms with van der Waals surface area (Å²) in [7, 11) is 0. The van der Waals surface area contributed by atoms with E-state index in [4.69, 9.17) is 4.74 Å². The minimum Gasteiger partial charge on any atom is -0.390 e. The number of benzene rings is 2. The number of aliphatic hydroxyl groups is 1. The molecule has 6 heteroatoms. The van der Waals surface area contributed by atoms with Crippen LogP contribution in [-0.4, -0.2) is 38.3 Å². The molecule has 1 heterocycles. The molecule has 0 spiro atoms. The van der Waals surface area contributed by atoms with Crippen LogP contribution >= 0.6 is 11.8 Å². The largest absolute Gasteiger partial charge is 0.390 e. The molecular weight excluding hydrogens is 382 g/mol. The third-order valence-corrected chi connectivity index (χ3v) is 6.39. The zero-order chi connectivity index (χ0) is 20.1. The lowest BCUT2D eigenvalue weighted by atomic mass is 9.89. The molecule has 0 saturated carbocycles. The van der Waals surface area contributed by atoms with Crippen molar-refractivity contribution >= 4 is 11.8 Å². The predicted molar refractivity (Wildman–Crippen MR) is 116 cm³/mol. The van der Waals surface area contributed by atoms with Crippen LogP contribution in [0.4, 0.5) is 0 Å². The van der Waals surface area contributed by atoms with Gasteiger partial charge >= 0.3 is 0 Å². The highest BCUT2D eigenvalue weighted by Gasteiger charge is 2.22. The molecule has 0 aliphatic heterocycles. The highest BCUT2D eigenvalue weighted by atomic mass is 32.2. The van der Waals surface area contributed by atoms with Gasteiger partial charge in [-0.3, -0.25) is 0 Å². The van der Waals surface area contributed by atoms with Crippen molar-refractivity contribution in [2.45, 2.75) is 50.1 Å². The molecule has 0 saturated heterocycles. The summed E-state index contributed by atoms with van der Waals surface area (Å²) in [5.41, 5.74) is 3.70. The molecule has 2 atom stereocenters. The molecule has 3 aromatic rings. The van der Waals surface area contributed by atoms with Gasteiger partial charge in [0.15, 0.2) is 11.0 Å². The topological polar surface area (TPSA) is 60.2 Å². The highest BCUT2D eigenvalue weighted by Crippen LogP contribution is 2.32. The number of thioether (sulfide) groups is 1. The first kappa shape index (κ1) is 20.1. The molecule has 0 fully saturated rings. The first-order valence-electron chi connectivity index (χ1n) is 10.2. The Hall–Kier alpha value is -2.15. The van der Waals surface area contributed by atoms with E-state index in [0.717, 1.165) is 42.4 Å². The minimum atomic E-state index is -0.545. The van der Waals surface area contributed by atoms with E-state index < -0.39 is 6.10 Å². The molecule has 5 nitrogen and oxygen atoms in total. The fraction of sp³-hybridized carbons (Fsp3) is 0.391. The van der Waals surface area contributed by atoms with Gasteiger partial charge < -0.3 is 14.4 Å². The van der Waals surface area contributed by atoms with Crippen molar-refractivity contribution in [1.29, 1.82) is 0 Å². The maximum atomic E-state index is 10.5. The minimum absolute atomic E-state index is 0.0866. The summed E-state index contributed by atoms with van der Waals surface area (Å²) in [6.07, 6.45) is 2.81. The predicted octanol–water partition coefficient (Wildman–Crippen LogP) is 4.51. The van der Waals surface area contributed by atoms with Gasteiger partial charge in [0.05, 0.1) is 18.8 Å². The second-order valence-electron chi connectivity index (χ2n) is 7.29. The summed E-state index contributed by atoms with van der Waals surface area (Å²) >= 11 is 1.53. The van der Waals surface area contributed by atoms with Crippen LogP contribution in [0, 0.1) is 0 Å². The molecule has 0 unspecified atom stereocenters. The maximum Gasteiger partial charge on any atom is 0.191 e. The number of aliphatic hydroxyl groups excluding tert-OH is 1. The zero-order valence-corrected chi connectivity index (χ0v) is 17.5. The van der Waals surface area contributed by atoms with Gasteiger partial charge in [0.2, 0.25) is 0 Å². The molecule has 0 radical (unpaired) electrons. The lowest BCUT2D eigenvalue weighted by molar-refractivity contribution is -0.00961. The van der Waals surface area contributed by atoms with E-state index in [9.17, 15) is 5.11 Å². The van der Waals surface area contributed by atoms with Gasteiger partial charge in [0.25, 0.3) is 0 Å². The molecule has 29 heavy (non-hydrogen) atoms. The smallest absolute Gasteiger partial charge is 0.191 e. The Morgan fingerprint density at radius 1 is 1.14 bits per heavy atom. The average molecular weight is 410 g/mol. The highest BCUT2D eigenvalue weighted by molar-refractivity contribution is 7.99. The van der Waals surface area contributed by atoms with Crippen LogP contribution in [0.3, 0.4) is 0 Å². The summed E-state index contributed by atoms with van der Waals surface area (Å²) in [4.78, 5) is 0. The van der Waals surface area contributed by atoms with E-state index in [1.54, 1.807) is 0 Å². The van der Waals surface area contributed by atoms with Crippen molar-refractivity contribution in [2.75, 3.05) is 12.4 Å². The standard InChI is InChI=1S/C23H27N3O2S/c1-2-26-22(18-10-4-3-5-11-18)24-25-23(26)29-16-19(27)15-28-21-14-8-12-17-9-6-7-13-20(17)21/h3-7,9-11,13,19,21,27H,2,8,12,14-16H2,1H3/t19-,21+/m0/s1. The van der Waals surface area contributed by atoms with Gasteiger partial charge in [-0.1, -0.05) is 66.4 Å². The lowest BCUT2D eigenvalue weighted by Gasteiger charge is -2.26. The molecule has 1 aliphatic carbocycles. The number of fused-ring (bicyclic) bond motifs is 1. The Morgan fingerprint density at radius 3 is 2.76 bits per heavy atom. The number of nitrogens with zero attached hydrogens (tertiary/aromatic N) is 3. The molecular formula is C23H27N3O2S. The number of aryl methyl sites for hydroxylation is 1. The second-order valence-corrected chi connectivity index (χ2v) is 8.28. The summed E-state index contributed by atoms with van der Waals surface area (Å²) in [6, 6.07) is 18.5. The number of hydrogen-bond donors (Lipinski definition) is 1. The van der Waals surface area contributed by atoms with Crippen molar-refractivity contribution < 1.29 is 9.84 Å². The van der Waals surface area contributed by atoms with Crippen LogP contribution in [0.15, 0.2) is 59.8 Å². The fourth-order valence-corrected chi connectivity index (χ4v) is 4.72. The summed E-state index contributed by atoms with van der Waals surface area (Å²) in [5, 5.41) is 20.0. The van der Waals surface area contributed by atoms with Crippen LogP contribution in [0.5, 0.6) is 0 Å². The Balaban J connectivity index is 1.34. The van der Waals surface area contributed by atoms with Crippen LogP contribution in [0.1, 0.15) is 37.0 Å². The zero-order valence-electron chi connectivity index (χ0n) is 16.7. The van der Waals surface area contributed by atoms with Gasteiger partial charge in [-0.2, -0.15) is 0 Å². The molecule has 1 aromatic heterocycles. The maximum absolute atomic E-state index is 10.5. The van der Waals surface area contributed by atoms with Crippen LogP contribution in [-0.2, 0) is 17.7 Å². The molecule has 0 bridgehead atoms. The normalized spacial score (nSPS) is 17.1. The van der Waals surface area contributed by atoms with Gasteiger partial charge in [-0.05, 0) is 37.3 Å². The van der Waals surface area contributed by atoms with E-state index >= 15 is 0 Å². The number of aromatic nitrogens is 3.